The lowest BCUT2D eigenvalue weighted by atomic mass is 9.75. The largest absolute Gasteiger partial charge is 0.481 e. The van der Waals surface area contributed by atoms with Gasteiger partial charge in [-0.25, -0.2) is 14.3 Å². The zero-order valence-corrected chi connectivity index (χ0v) is 23.2. The predicted octanol–water partition coefficient (Wildman–Crippen LogP) is 2.53. The predicted molar refractivity (Wildman–Crippen MR) is 143 cm³/mol. The third-order valence-corrected chi connectivity index (χ3v) is 8.33. The van der Waals surface area contributed by atoms with Gasteiger partial charge in [-0.15, -0.1) is 0 Å². The van der Waals surface area contributed by atoms with Crippen molar-refractivity contribution in [1.82, 2.24) is 20.2 Å². The summed E-state index contributed by atoms with van der Waals surface area (Å²) in [7, 11) is 0.227. The minimum atomic E-state index is -4.43. The topological polar surface area (TPSA) is 122 Å². The van der Waals surface area contributed by atoms with E-state index in [1.54, 1.807) is 52.2 Å². The van der Waals surface area contributed by atoms with Gasteiger partial charge < -0.3 is 15.0 Å². The number of likely N-dealkylation sites (N-methyl/N-ethyl adjacent to an activating group) is 1. The molecule has 0 fully saturated rings. The number of anilines is 1. The minimum absolute atomic E-state index is 0.126. The third kappa shape index (κ3) is 4.50. The van der Waals surface area contributed by atoms with Crippen LogP contribution < -0.4 is 14.4 Å². The van der Waals surface area contributed by atoms with Crippen LogP contribution in [0.4, 0.5) is 5.69 Å². The van der Waals surface area contributed by atoms with E-state index in [2.05, 4.69) is 15.3 Å². The first-order valence-corrected chi connectivity index (χ1v) is 13.5. The van der Waals surface area contributed by atoms with E-state index in [4.69, 9.17) is 16.3 Å². The molecule has 1 aromatic carbocycles. The third-order valence-electron chi connectivity index (χ3n) is 6.48. The number of aryl methyl sites for hydroxylation is 1. The molecule has 12 heteroatoms. The molecular formula is C26H28ClN5O5S. The molecule has 2 aromatic heterocycles. The highest BCUT2D eigenvalue weighted by Crippen LogP contribution is 2.50. The van der Waals surface area contributed by atoms with Gasteiger partial charge in [0.25, 0.3) is 15.9 Å². The molecule has 1 aliphatic heterocycles. The molecule has 3 heterocycles. The van der Waals surface area contributed by atoms with Crippen molar-refractivity contribution in [2.45, 2.75) is 30.3 Å². The van der Waals surface area contributed by atoms with Crippen molar-refractivity contribution in [3.8, 4) is 5.88 Å². The second kappa shape index (κ2) is 10.3. The van der Waals surface area contributed by atoms with Crippen molar-refractivity contribution in [1.29, 1.82) is 0 Å². The number of hydrogen-bond acceptors (Lipinski definition) is 8. The Bertz CT molecular complexity index is 1500. The first kappa shape index (κ1) is 27.5. The fourth-order valence-corrected chi connectivity index (χ4v) is 6.13. The molecule has 0 spiro atoms. The molecule has 0 bridgehead atoms. The number of halogens is 1. The monoisotopic (exact) mass is 557 g/mol. The summed E-state index contributed by atoms with van der Waals surface area (Å²) in [4.78, 5) is 36.9. The van der Waals surface area contributed by atoms with Crippen LogP contribution in [-0.4, -0.2) is 68.9 Å². The Labute approximate surface area is 226 Å². The highest BCUT2D eigenvalue weighted by Gasteiger charge is 2.57. The Morgan fingerprint density at radius 3 is 2.55 bits per heavy atom. The molecular weight excluding hydrogens is 530 g/mol. The van der Waals surface area contributed by atoms with Crippen LogP contribution in [0.15, 0.2) is 59.9 Å². The normalized spacial score (nSPS) is 17.7. The summed E-state index contributed by atoms with van der Waals surface area (Å²) < 4.78 is 34.1. The van der Waals surface area contributed by atoms with E-state index in [-0.39, 0.29) is 29.0 Å². The molecule has 2 amide bonds. The van der Waals surface area contributed by atoms with E-state index in [0.29, 0.717) is 16.1 Å². The van der Waals surface area contributed by atoms with Gasteiger partial charge in [0.05, 0.1) is 18.8 Å². The van der Waals surface area contributed by atoms with E-state index >= 15 is 0 Å². The van der Waals surface area contributed by atoms with Gasteiger partial charge >= 0.3 is 0 Å². The molecule has 1 unspecified atom stereocenters. The molecule has 1 N–H and O–H groups in total. The molecule has 0 saturated heterocycles. The number of ether oxygens (including phenoxy) is 1. The molecule has 2 atom stereocenters. The number of hydrogen-bond donors (Lipinski definition) is 1. The zero-order chi connectivity index (χ0) is 27.8. The maximum absolute atomic E-state index is 14.5. The number of carbonyl (C=O) groups excluding carboxylic acids is 2. The van der Waals surface area contributed by atoms with Gasteiger partial charge in [0.1, 0.15) is 5.41 Å². The number of carbonyl (C=O) groups is 2. The molecule has 0 saturated carbocycles. The van der Waals surface area contributed by atoms with Crippen LogP contribution in [0.5, 0.6) is 5.88 Å². The van der Waals surface area contributed by atoms with E-state index in [0.717, 1.165) is 9.87 Å². The van der Waals surface area contributed by atoms with E-state index in [1.807, 2.05) is 0 Å². The lowest BCUT2D eigenvalue weighted by Gasteiger charge is -2.32. The number of aromatic nitrogens is 2. The van der Waals surface area contributed by atoms with Gasteiger partial charge in [-0.2, -0.15) is 8.42 Å². The highest BCUT2D eigenvalue weighted by atomic mass is 35.5. The molecule has 3 aromatic rings. The summed E-state index contributed by atoms with van der Waals surface area (Å²) in [5, 5.41) is 3.15. The quantitative estimate of drug-likeness (QED) is 0.448. The Hall–Kier alpha value is -3.54. The summed E-state index contributed by atoms with van der Waals surface area (Å²) >= 11 is 6.39. The summed E-state index contributed by atoms with van der Waals surface area (Å²) in [5.41, 5.74) is -0.113. The number of nitrogens with zero attached hydrogens (tertiary/aromatic N) is 4. The van der Waals surface area contributed by atoms with Crippen molar-refractivity contribution < 1.29 is 22.7 Å². The number of pyridine rings is 2. The van der Waals surface area contributed by atoms with Gasteiger partial charge in [-0.05, 0) is 55.3 Å². The van der Waals surface area contributed by atoms with Crippen molar-refractivity contribution in [2.24, 2.45) is 0 Å². The maximum atomic E-state index is 14.5. The second-order valence-electron chi connectivity index (χ2n) is 9.21. The van der Waals surface area contributed by atoms with Crippen LogP contribution in [0.2, 0.25) is 5.02 Å². The Balaban J connectivity index is 1.97. The molecule has 0 aliphatic carbocycles. The van der Waals surface area contributed by atoms with Crippen LogP contribution in [0.1, 0.15) is 23.6 Å². The molecule has 0 radical (unpaired) electrons. The van der Waals surface area contributed by atoms with Gasteiger partial charge in [0.2, 0.25) is 11.8 Å². The molecule has 1 aliphatic rings. The first-order valence-electron chi connectivity index (χ1n) is 11.7. The van der Waals surface area contributed by atoms with Crippen LogP contribution in [0, 0.1) is 6.92 Å². The summed E-state index contributed by atoms with van der Waals surface area (Å²) in [6.45, 7) is 3.30. The summed E-state index contributed by atoms with van der Waals surface area (Å²) in [5.74, 6) is -0.864. The number of amides is 2. The van der Waals surface area contributed by atoms with E-state index in [1.165, 1.54) is 42.6 Å². The van der Waals surface area contributed by atoms with Crippen molar-refractivity contribution in [2.75, 3.05) is 32.1 Å². The maximum Gasteiger partial charge on any atom is 0.288 e. The van der Waals surface area contributed by atoms with Crippen LogP contribution >= 0.6 is 11.6 Å². The van der Waals surface area contributed by atoms with Gasteiger partial charge in [0.15, 0.2) is 5.03 Å². The van der Waals surface area contributed by atoms with Crippen molar-refractivity contribution in [3.05, 3.63) is 76.6 Å². The Morgan fingerprint density at radius 1 is 1.18 bits per heavy atom. The van der Waals surface area contributed by atoms with Crippen molar-refractivity contribution >= 4 is 39.1 Å². The number of rotatable bonds is 8. The molecule has 4 rings (SSSR count). The number of nitrogens with one attached hydrogen (secondary N) is 1. The number of methoxy groups -OCH3 is 1. The second-order valence-corrected chi connectivity index (χ2v) is 11.4. The van der Waals surface area contributed by atoms with E-state index < -0.39 is 27.4 Å². The van der Waals surface area contributed by atoms with Gasteiger partial charge in [-0.3, -0.25) is 9.59 Å². The Kier molecular flexibility index (Phi) is 7.46. The summed E-state index contributed by atoms with van der Waals surface area (Å²) in [6, 6.07) is 10.1. The number of benzene rings is 1. The lowest BCUT2D eigenvalue weighted by molar-refractivity contribution is -0.131. The molecule has 200 valence electrons. The van der Waals surface area contributed by atoms with Crippen LogP contribution in [-0.2, 0) is 25.0 Å². The van der Waals surface area contributed by atoms with Crippen LogP contribution in [0.3, 0.4) is 0 Å². The number of fused-ring (bicyclic) bond motifs is 1. The SMILES string of the molecule is COc1ncccc1C1(CN[C@@H](C)C(=O)N(C)C)C(=O)N(S(=O)(=O)c2ccc(C)cn2)c2ccc(Cl)cc21. The average Bonchev–Trinajstić information content (AvgIpc) is 3.14. The van der Waals surface area contributed by atoms with Gasteiger partial charge in [0, 0.05) is 43.6 Å². The smallest absolute Gasteiger partial charge is 0.288 e. The van der Waals surface area contributed by atoms with Gasteiger partial charge in [-0.1, -0.05) is 23.7 Å². The first-order chi connectivity index (χ1) is 17.9. The van der Waals surface area contributed by atoms with E-state index in [9.17, 15) is 18.0 Å². The zero-order valence-electron chi connectivity index (χ0n) is 21.6. The summed E-state index contributed by atoms with van der Waals surface area (Å²) in [6.07, 6.45) is 2.92. The fourth-order valence-electron chi connectivity index (χ4n) is 4.55. The Morgan fingerprint density at radius 2 is 1.92 bits per heavy atom. The molecule has 38 heavy (non-hydrogen) atoms. The standard InChI is InChI=1S/C26H28ClN5O5S/c1-16-8-11-22(29-14-16)38(35,36)32-21-10-9-18(27)13-20(21)26(25(32)34,15-30-17(2)24(33)31(3)4)19-7-6-12-28-23(19)37-5/h6-14,17,30H,15H2,1-5H3/t17-,26?/m0/s1. The van der Waals surface area contributed by atoms with Crippen LogP contribution in [0.25, 0.3) is 0 Å². The number of sulfonamides is 1. The minimum Gasteiger partial charge on any atom is -0.481 e. The fraction of sp³-hybridized carbons (Fsp3) is 0.308. The molecule has 10 nitrogen and oxygen atoms in total. The average molecular weight is 558 g/mol. The lowest BCUT2D eigenvalue weighted by Crippen LogP contribution is -2.53. The highest BCUT2D eigenvalue weighted by molar-refractivity contribution is 7.93. The van der Waals surface area contributed by atoms with Crippen molar-refractivity contribution in [3.63, 3.8) is 0 Å².